The van der Waals surface area contributed by atoms with Gasteiger partial charge in [0.1, 0.15) is 5.02 Å². The number of amides is 1. The molecule has 0 radical (unpaired) electrons. The third-order valence-electron chi connectivity index (χ3n) is 6.01. The number of pyridine rings is 1. The van der Waals surface area contributed by atoms with E-state index in [0.29, 0.717) is 16.8 Å². The number of fused-ring (bicyclic) bond motifs is 1. The average molecular weight is 485 g/mol. The molecule has 180 valence electrons. The topological polar surface area (TPSA) is 101 Å². The Kier molecular flexibility index (Phi) is 6.65. The molecule has 1 fully saturated rings. The lowest BCUT2D eigenvalue weighted by Gasteiger charge is -2.38. The van der Waals surface area contributed by atoms with Crippen LogP contribution in [-0.4, -0.2) is 47.2 Å². The van der Waals surface area contributed by atoms with Crippen molar-refractivity contribution in [3.63, 3.8) is 0 Å². The lowest BCUT2D eigenvalue weighted by molar-refractivity contribution is -0.122. The van der Waals surface area contributed by atoms with E-state index in [1.165, 1.54) is 18.0 Å². The molecule has 0 bridgehead atoms. The summed E-state index contributed by atoms with van der Waals surface area (Å²) in [5.74, 6) is 0.942. The first kappa shape index (κ1) is 23.8. The van der Waals surface area contributed by atoms with Gasteiger partial charge in [-0.2, -0.15) is 4.98 Å². The van der Waals surface area contributed by atoms with E-state index in [4.69, 9.17) is 21.3 Å². The Bertz CT molecular complexity index is 1290. The molecule has 3 aromatic rings. The third kappa shape index (κ3) is 5.09. The van der Waals surface area contributed by atoms with Gasteiger partial charge >= 0.3 is 0 Å². The number of likely N-dealkylation sites (N-methyl/N-ethyl adjacent to an activating group) is 1. The highest BCUT2D eigenvalue weighted by molar-refractivity contribution is 6.32. The fraction of sp³-hybridized carbons (Fsp3) is 0.417. The summed E-state index contributed by atoms with van der Waals surface area (Å²) in [7, 11) is 3.18. The van der Waals surface area contributed by atoms with Crippen molar-refractivity contribution >= 4 is 45.9 Å². The predicted molar refractivity (Wildman–Crippen MR) is 134 cm³/mol. The minimum absolute atomic E-state index is 0.103. The summed E-state index contributed by atoms with van der Waals surface area (Å²) in [6.45, 7) is 6.07. The van der Waals surface area contributed by atoms with Gasteiger partial charge in [0.15, 0.2) is 18.2 Å². The van der Waals surface area contributed by atoms with E-state index >= 15 is 0 Å². The van der Waals surface area contributed by atoms with Crippen LogP contribution in [0.15, 0.2) is 35.3 Å². The zero-order valence-corrected chi connectivity index (χ0v) is 20.6. The van der Waals surface area contributed by atoms with Crippen molar-refractivity contribution in [1.29, 1.82) is 0 Å². The Hall–Kier alpha value is -3.33. The van der Waals surface area contributed by atoms with Gasteiger partial charge in [0.05, 0.1) is 11.7 Å². The molecule has 1 saturated heterocycles. The normalized spacial score (nSPS) is 15.3. The number of aromatic nitrogens is 3. The Balaban J connectivity index is 1.62. The maximum atomic E-state index is 12.6. The number of carbonyl (C=O) groups excluding carboxylic acids is 1. The standard InChI is InChI=1S/C24H29ClN6O3/c1-24(2)8-5-9-31(14-24)23-27-12-17(25)21(29-23)28-16-6-7-18-15(10-16)11-19(22(33)30(18)4)34-13-20(32)26-3/h6-7,10-12H,5,8-9,13-14H2,1-4H3,(H,26,32)(H,27,28,29). The van der Waals surface area contributed by atoms with Gasteiger partial charge in [-0.3, -0.25) is 9.59 Å². The highest BCUT2D eigenvalue weighted by Crippen LogP contribution is 2.32. The van der Waals surface area contributed by atoms with Gasteiger partial charge < -0.3 is 24.8 Å². The number of nitrogens with zero attached hydrogens (tertiary/aromatic N) is 4. The second-order valence-electron chi connectivity index (χ2n) is 9.29. The molecular formula is C24H29ClN6O3. The number of anilines is 3. The molecule has 0 aliphatic carbocycles. The van der Waals surface area contributed by atoms with Crippen molar-refractivity contribution in [2.75, 3.05) is 37.0 Å². The zero-order chi connectivity index (χ0) is 24.5. The SMILES string of the molecule is CNC(=O)COc1cc2cc(Nc3nc(N4CCCC(C)(C)C4)ncc3Cl)ccc2n(C)c1=O. The predicted octanol–water partition coefficient (Wildman–Crippen LogP) is 3.48. The summed E-state index contributed by atoms with van der Waals surface area (Å²) in [6, 6.07) is 7.21. The lowest BCUT2D eigenvalue weighted by atomic mass is 9.84. The van der Waals surface area contributed by atoms with Gasteiger partial charge in [0.2, 0.25) is 5.95 Å². The molecule has 0 saturated carbocycles. The molecule has 1 amide bonds. The van der Waals surface area contributed by atoms with Gasteiger partial charge in [-0.15, -0.1) is 0 Å². The Morgan fingerprint density at radius 1 is 1.29 bits per heavy atom. The quantitative estimate of drug-likeness (QED) is 0.552. The molecule has 1 aromatic carbocycles. The van der Waals surface area contributed by atoms with Crippen LogP contribution in [0.4, 0.5) is 17.5 Å². The summed E-state index contributed by atoms with van der Waals surface area (Å²) < 4.78 is 6.93. The number of aryl methyl sites for hydroxylation is 1. The maximum absolute atomic E-state index is 12.6. The molecule has 9 nitrogen and oxygen atoms in total. The number of piperidine rings is 1. The Morgan fingerprint density at radius 3 is 2.82 bits per heavy atom. The summed E-state index contributed by atoms with van der Waals surface area (Å²) >= 11 is 6.41. The average Bonchev–Trinajstić information content (AvgIpc) is 2.81. The molecule has 2 aromatic heterocycles. The van der Waals surface area contributed by atoms with Crippen LogP contribution in [-0.2, 0) is 11.8 Å². The van der Waals surface area contributed by atoms with Crippen LogP contribution in [0, 0.1) is 5.41 Å². The van der Waals surface area contributed by atoms with Crippen LogP contribution in [0.25, 0.3) is 10.9 Å². The largest absolute Gasteiger partial charge is 0.478 e. The van der Waals surface area contributed by atoms with Crippen LogP contribution in [0.1, 0.15) is 26.7 Å². The molecule has 3 heterocycles. The van der Waals surface area contributed by atoms with E-state index in [2.05, 4.69) is 34.4 Å². The Labute approximate surface area is 203 Å². The first-order valence-corrected chi connectivity index (χ1v) is 11.6. The van der Waals surface area contributed by atoms with Crippen molar-refractivity contribution < 1.29 is 9.53 Å². The number of nitrogens with one attached hydrogen (secondary N) is 2. The zero-order valence-electron chi connectivity index (χ0n) is 19.8. The molecule has 0 atom stereocenters. The summed E-state index contributed by atoms with van der Waals surface area (Å²) in [5.41, 5.74) is 1.37. The van der Waals surface area contributed by atoms with Gasteiger partial charge in [0, 0.05) is 38.3 Å². The van der Waals surface area contributed by atoms with Crippen LogP contribution >= 0.6 is 11.6 Å². The fourth-order valence-corrected chi connectivity index (χ4v) is 4.32. The number of rotatable bonds is 6. The molecular weight excluding hydrogens is 456 g/mol. The molecule has 4 rings (SSSR count). The van der Waals surface area contributed by atoms with E-state index in [-0.39, 0.29) is 29.2 Å². The third-order valence-corrected chi connectivity index (χ3v) is 6.28. The summed E-state index contributed by atoms with van der Waals surface area (Å²) in [5, 5.41) is 6.92. The monoisotopic (exact) mass is 484 g/mol. The molecule has 2 N–H and O–H groups in total. The number of hydrogen-bond acceptors (Lipinski definition) is 7. The van der Waals surface area contributed by atoms with E-state index < -0.39 is 0 Å². The highest BCUT2D eigenvalue weighted by atomic mass is 35.5. The van der Waals surface area contributed by atoms with Crippen molar-refractivity contribution in [2.24, 2.45) is 12.5 Å². The molecule has 0 unspecified atom stereocenters. The summed E-state index contributed by atoms with van der Waals surface area (Å²) in [4.78, 5) is 35.5. The summed E-state index contributed by atoms with van der Waals surface area (Å²) in [6.07, 6.45) is 3.88. The van der Waals surface area contributed by atoms with E-state index in [1.54, 1.807) is 19.3 Å². The minimum Gasteiger partial charge on any atom is -0.478 e. The smallest absolute Gasteiger partial charge is 0.293 e. The van der Waals surface area contributed by atoms with Crippen molar-refractivity contribution in [3.05, 3.63) is 45.8 Å². The number of carbonyl (C=O) groups is 1. The highest BCUT2D eigenvalue weighted by Gasteiger charge is 2.28. The first-order chi connectivity index (χ1) is 16.2. The van der Waals surface area contributed by atoms with Crippen molar-refractivity contribution in [2.45, 2.75) is 26.7 Å². The van der Waals surface area contributed by atoms with Crippen LogP contribution in [0.5, 0.6) is 5.75 Å². The number of ether oxygens (including phenoxy) is 1. The molecule has 1 aliphatic rings. The van der Waals surface area contributed by atoms with Crippen molar-refractivity contribution in [3.8, 4) is 5.75 Å². The Morgan fingerprint density at radius 2 is 2.09 bits per heavy atom. The minimum atomic E-state index is -0.316. The van der Waals surface area contributed by atoms with Gasteiger partial charge in [-0.25, -0.2) is 4.98 Å². The van der Waals surface area contributed by atoms with Crippen LogP contribution in [0.3, 0.4) is 0 Å². The lowest BCUT2D eigenvalue weighted by Crippen LogP contribution is -2.41. The van der Waals surface area contributed by atoms with Crippen LogP contribution < -0.4 is 25.8 Å². The second-order valence-corrected chi connectivity index (χ2v) is 9.70. The van der Waals surface area contributed by atoms with E-state index in [9.17, 15) is 9.59 Å². The van der Waals surface area contributed by atoms with E-state index in [0.717, 1.165) is 36.1 Å². The molecule has 0 spiro atoms. The number of halogens is 1. The molecule has 34 heavy (non-hydrogen) atoms. The molecule has 1 aliphatic heterocycles. The van der Waals surface area contributed by atoms with Gasteiger partial charge in [-0.05, 0) is 42.5 Å². The fourth-order valence-electron chi connectivity index (χ4n) is 4.18. The van der Waals surface area contributed by atoms with Crippen LogP contribution in [0.2, 0.25) is 5.02 Å². The number of benzene rings is 1. The maximum Gasteiger partial charge on any atom is 0.293 e. The van der Waals surface area contributed by atoms with Gasteiger partial charge in [-0.1, -0.05) is 25.4 Å². The second kappa shape index (κ2) is 9.50. The first-order valence-electron chi connectivity index (χ1n) is 11.2. The number of hydrogen-bond donors (Lipinski definition) is 2. The molecule has 10 heteroatoms. The van der Waals surface area contributed by atoms with Gasteiger partial charge in [0.25, 0.3) is 11.5 Å². The van der Waals surface area contributed by atoms with E-state index in [1.807, 2.05) is 18.2 Å². The van der Waals surface area contributed by atoms with Crippen molar-refractivity contribution in [1.82, 2.24) is 19.9 Å².